The predicted molar refractivity (Wildman–Crippen MR) is 173 cm³/mol. The molecule has 5 rings (SSSR count). The van der Waals surface area contributed by atoms with Crippen LogP contribution in [0.1, 0.15) is 37.8 Å². The lowest BCUT2D eigenvalue weighted by Crippen LogP contribution is -2.51. The molecule has 11 heteroatoms. The summed E-state index contributed by atoms with van der Waals surface area (Å²) in [6.07, 6.45) is -0.344. The summed E-state index contributed by atoms with van der Waals surface area (Å²) >= 11 is 0. The van der Waals surface area contributed by atoms with Crippen molar-refractivity contribution in [2.24, 2.45) is 0 Å². The maximum atomic E-state index is 13.9. The summed E-state index contributed by atoms with van der Waals surface area (Å²) in [6.45, 7) is 3.50. The maximum absolute atomic E-state index is 13.9. The molecule has 46 heavy (non-hydrogen) atoms. The van der Waals surface area contributed by atoms with Gasteiger partial charge in [0.1, 0.15) is 17.5 Å². The molecular formula is C35H34N4O7. The first-order valence-electron chi connectivity index (χ1n) is 14.8. The lowest BCUT2D eigenvalue weighted by molar-refractivity contribution is -0.384. The standard InChI is InChI=1S/C35H34N4O7/c1-35(2,37-34(42)43)21-32(40)36-29-20-15-25-7-3-5-9-30(25)38(33(29)41)22-23-11-13-24(14-12-23)28-8-4-6-10-31(28)46-27-18-16-26(17-19-27)39(44)45/h3-14,16-19,29,37H,15,20-22H2,1-2H3,(H,36,40)(H,42,43)/t29-/m1/s1. The molecule has 0 bridgehead atoms. The van der Waals surface area contributed by atoms with E-state index in [2.05, 4.69) is 10.6 Å². The molecule has 4 aromatic carbocycles. The van der Waals surface area contributed by atoms with E-state index in [1.807, 2.05) is 72.8 Å². The molecule has 0 spiro atoms. The van der Waals surface area contributed by atoms with Crippen LogP contribution in [-0.2, 0) is 22.6 Å². The molecule has 0 aromatic heterocycles. The third-order valence-electron chi connectivity index (χ3n) is 7.70. The SMILES string of the molecule is CC(C)(CC(=O)N[C@@H]1CCc2ccccc2N(Cc2ccc(-c3ccccc3Oc3ccc([N+](=O)[O-])cc3)cc2)C1=O)NC(=O)O. The Kier molecular flexibility index (Phi) is 9.31. The second-order valence-corrected chi connectivity index (χ2v) is 11.7. The second-order valence-electron chi connectivity index (χ2n) is 11.7. The minimum Gasteiger partial charge on any atom is -0.465 e. The van der Waals surface area contributed by atoms with E-state index in [1.54, 1.807) is 30.9 Å². The first-order valence-corrected chi connectivity index (χ1v) is 14.8. The van der Waals surface area contributed by atoms with Crippen LogP contribution >= 0.6 is 0 Å². The highest BCUT2D eigenvalue weighted by molar-refractivity contribution is 6.00. The van der Waals surface area contributed by atoms with Crippen molar-refractivity contribution < 1.29 is 29.2 Å². The number of hydrogen-bond donors (Lipinski definition) is 3. The molecule has 0 radical (unpaired) electrons. The number of carbonyl (C=O) groups excluding carboxylic acids is 2. The number of para-hydroxylation sites is 2. The number of nitrogens with zero attached hydrogens (tertiary/aromatic N) is 2. The Labute approximate surface area is 266 Å². The van der Waals surface area contributed by atoms with E-state index >= 15 is 0 Å². The number of aryl methyl sites for hydroxylation is 1. The fourth-order valence-electron chi connectivity index (χ4n) is 5.52. The molecule has 0 fully saturated rings. The van der Waals surface area contributed by atoms with Crippen LogP contribution in [0.2, 0.25) is 0 Å². The molecule has 1 heterocycles. The highest BCUT2D eigenvalue weighted by atomic mass is 16.6. The van der Waals surface area contributed by atoms with Gasteiger partial charge in [-0.2, -0.15) is 0 Å². The number of nitro benzene ring substituents is 1. The summed E-state index contributed by atoms with van der Waals surface area (Å²) in [5.74, 6) is 0.396. The number of fused-ring (bicyclic) bond motifs is 1. The number of nitro groups is 1. The van der Waals surface area contributed by atoms with Crippen LogP contribution in [-0.4, -0.2) is 39.5 Å². The zero-order valence-electron chi connectivity index (χ0n) is 25.4. The van der Waals surface area contributed by atoms with Crippen LogP contribution in [0.4, 0.5) is 16.2 Å². The molecule has 1 aliphatic heterocycles. The number of anilines is 1. The van der Waals surface area contributed by atoms with Gasteiger partial charge in [-0.25, -0.2) is 4.79 Å². The van der Waals surface area contributed by atoms with Crippen LogP contribution < -0.4 is 20.3 Å². The van der Waals surface area contributed by atoms with Crippen molar-refractivity contribution in [1.29, 1.82) is 0 Å². The average molecular weight is 623 g/mol. The second kappa shape index (κ2) is 13.5. The lowest BCUT2D eigenvalue weighted by Gasteiger charge is -2.28. The Morgan fingerprint density at radius 3 is 2.35 bits per heavy atom. The van der Waals surface area contributed by atoms with Crippen molar-refractivity contribution >= 4 is 29.3 Å². The zero-order chi connectivity index (χ0) is 32.8. The van der Waals surface area contributed by atoms with Gasteiger partial charge in [-0.05, 0) is 67.6 Å². The Hall–Kier alpha value is -5.71. The zero-order valence-corrected chi connectivity index (χ0v) is 25.4. The van der Waals surface area contributed by atoms with Gasteiger partial charge in [0.15, 0.2) is 0 Å². The third kappa shape index (κ3) is 7.68. The topological polar surface area (TPSA) is 151 Å². The van der Waals surface area contributed by atoms with Gasteiger partial charge >= 0.3 is 6.09 Å². The van der Waals surface area contributed by atoms with Crippen molar-refractivity contribution in [1.82, 2.24) is 10.6 Å². The smallest absolute Gasteiger partial charge is 0.405 e. The van der Waals surface area contributed by atoms with Crippen LogP contribution in [0.5, 0.6) is 11.5 Å². The van der Waals surface area contributed by atoms with E-state index < -0.39 is 28.5 Å². The van der Waals surface area contributed by atoms with E-state index in [4.69, 9.17) is 9.84 Å². The van der Waals surface area contributed by atoms with Crippen LogP contribution in [0.15, 0.2) is 97.1 Å². The maximum Gasteiger partial charge on any atom is 0.405 e. The van der Waals surface area contributed by atoms with E-state index in [-0.39, 0.29) is 24.6 Å². The first-order chi connectivity index (χ1) is 22.0. The van der Waals surface area contributed by atoms with Crippen LogP contribution in [0.3, 0.4) is 0 Å². The summed E-state index contributed by atoms with van der Waals surface area (Å²) in [5.41, 5.74) is 3.34. The summed E-state index contributed by atoms with van der Waals surface area (Å²) in [4.78, 5) is 50.2. The predicted octanol–water partition coefficient (Wildman–Crippen LogP) is 6.45. The molecule has 11 nitrogen and oxygen atoms in total. The number of non-ortho nitro benzene ring substituents is 1. The highest BCUT2D eigenvalue weighted by Crippen LogP contribution is 2.35. The summed E-state index contributed by atoms with van der Waals surface area (Å²) in [6, 6.07) is 28.0. The quantitative estimate of drug-likeness (QED) is 0.136. The van der Waals surface area contributed by atoms with Gasteiger partial charge in [-0.15, -0.1) is 0 Å². The molecule has 1 atom stereocenters. The van der Waals surface area contributed by atoms with Crippen molar-refractivity contribution in [3.63, 3.8) is 0 Å². The summed E-state index contributed by atoms with van der Waals surface area (Å²) in [5, 5.41) is 25.3. The van der Waals surface area contributed by atoms with E-state index in [0.717, 1.165) is 27.9 Å². The normalized spacial score (nSPS) is 14.5. The molecule has 0 saturated heterocycles. The van der Waals surface area contributed by atoms with Gasteiger partial charge in [0.2, 0.25) is 11.8 Å². The number of nitrogens with one attached hydrogen (secondary N) is 2. The molecular weight excluding hydrogens is 588 g/mol. The monoisotopic (exact) mass is 622 g/mol. The average Bonchev–Trinajstić information content (AvgIpc) is 3.13. The minimum atomic E-state index is -1.23. The molecule has 236 valence electrons. The number of hydrogen-bond acceptors (Lipinski definition) is 6. The van der Waals surface area contributed by atoms with Crippen molar-refractivity contribution in [2.45, 2.75) is 51.2 Å². The van der Waals surface area contributed by atoms with Crippen molar-refractivity contribution in [2.75, 3.05) is 4.90 Å². The largest absolute Gasteiger partial charge is 0.465 e. The van der Waals surface area contributed by atoms with Crippen LogP contribution in [0, 0.1) is 10.1 Å². The van der Waals surface area contributed by atoms with Crippen molar-refractivity contribution in [3.05, 3.63) is 118 Å². The number of carbonyl (C=O) groups is 3. The van der Waals surface area contributed by atoms with Gasteiger partial charge in [0, 0.05) is 35.3 Å². The fraction of sp³-hybridized carbons (Fsp3) is 0.229. The summed E-state index contributed by atoms with van der Waals surface area (Å²) in [7, 11) is 0. The Morgan fingerprint density at radius 2 is 1.65 bits per heavy atom. The molecule has 0 aliphatic carbocycles. The molecule has 4 aromatic rings. The number of amides is 3. The summed E-state index contributed by atoms with van der Waals surface area (Å²) < 4.78 is 6.07. The Morgan fingerprint density at radius 1 is 0.978 bits per heavy atom. The van der Waals surface area contributed by atoms with Crippen LogP contribution in [0.25, 0.3) is 11.1 Å². The van der Waals surface area contributed by atoms with E-state index in [0.29, 0.717) is 24.3 Å². The number of carboxylic acid groups (broad SMARTS) is 1. The van der Waals surface area contributed by atoms with Gasteiger partial charge < -0.3 is 25.4 Å². The Bertz CT molecular complexity index is 1750. The van der Waals surface area contributed by atoms with E-state index in [9.17, 15) is 24.5 Å². The third-order valence-corrected chi connectivity index (χ3v) is 7.70. The number of ether oxygens (including phenoxy) is 1. The number of benzene rings is 4. The fourth-order valence-corrected chi connectivity index (χ4v) is 5.52. The lowest BCUT2D eigenvalue weighted by atomic mass is 9.99. The van der Waals surface area contributed by atoms with Gasteiger partial charge in [0.05, 0.1) is 11.5 Å². The van der Waals surface area contributed by atoms with Gasteiger partial charge in [-0.1, -0.05) is 60.7 Å². The van der Waals surface area contributed by atoms with Gasteiger partial charge in [-0.3, -0.25) is 19.7 Å². The number of rotatable bonds is 10. The molecule has 0 unspecified atom stereocenters. The first kappa shape index (κ1) is 31.7. The highest BCUT2D eigenvalue weighted by Gasteiger charge is 2.33. The minimum absolute atomic E-state index is 0.0209. The van der Waals surface area contributed by atoms with Gasteiger partial charge in [0.25, 0.3) is 5.69 Å². The molecule has 3 amide bonds. The molecule has 1 aliphatic rings. The molecule has 3 N–H and O–H groups in total. The molecule has 0 saturated carbocycles. The van der Waals surface area contributed by atoms with E-state index in [1.165, 1.54) is 12.1 Å². The Balaban J connectivity index is 1.34. The van der Waals surface area contributed by atoms with Crippen molar-refractivity contribution in [3.8, 4) is 22.6 Å².